The highest BCUT2D eigenvalue weighted by Gasteiger charge is 2.23. The summed E-state index contributed by atoms with van der Waals surface area (Å²) in [6.45, 7) is 6.10. The Labute approximate surface area is 80.3 Å². The fraction of sp³-hybridized carbons (Fsp3) is 0.625. The van der Waals surface area contributed by atoms with Crippen LogP contribution in [0.5, 0.6) is 5.95 Å². The minimum Gasteiger partial charge on any atom is -0.466 e. The van der Waals surface area contributed by atoms with Crippen molar-refractivity contribution in [2.24, 2.45) is 0 Å². The van der Waals surface area contributed by atoms with Gasteiger partial charge in [-0.1, -0.05) is 20.8 Å². The molecule has 0 aliphatic rings. The fourth-order valence-corrected chi connectivity index (χ4v) is 1.14. The van der Waals surface area contributed by atoms with Gasteiger partial charge in [-0.25, -0.2) is 4.98 Å². The largest absolute Gasteiger partial charge is 0.466 e. The third-order valence-electron chi connectivity index (χ3n) is 1.38. The molecule has 68 valence electrons. The lowest BCUT2D eigenvalue weighted by atomic mass is 9.97. The topological polar surface area (TPSA) is 35.3 Å². The summed E-state index contributed by atoms with van der Waals surface area (Å²) in [5.41, 5.74) is -0.0840. The first-order valence-electron chi connectivity index (χ1n) is 3.66. The van der Waals surface area contributed by atoms with E-state index in [2.05, 4.69) is 20.9 Å². The molecule has 0 aliphatic heterocycles. The number of hydrogen-bond acceptors (Lipinski definition) is 3. The highest BCUT2D eigenvalue weighted by atomic mass is 79.9. The van der Waals surface area contributed by atoms with E-state index in [4.69, 9.17) is 9.15 Å². The molecule has 1 aromatic rings. The maximum absolute atomic E-state index is 5.35. The molecule has 0 saturated heterocycles. The van der Waals surface area contributed by atoms with Crippen molar-refractivity contribution in [2.45, 2.75) is 26.2 Å². The number of methoxy groups -OCH3 is 1. The van der Waals surface area contributed by atoms with Crippen molar-refractivity contribution in [3.05, 3.63) is 10.5 Å². The number of ether oxygens (including phenoxy) is 1. The highest BCUT2D eigenvalue weighted by Crippen LogP contribution is 2.31. The Morgan fingerprint density at radius 1 is 1.42 bits per heavy atom. The summed E-state index contributed by atoms with van der Waals surface area (Å²) in [7, 11) is 1.55. The first-order valence-corrected chi connectivity index (χ1v) is 4.45. The number of oxazole rings is 1. The quantitative estimate of drug-likeness (QED) is 0.749. The standard InChI is InChI=1S/C8H12BrNO2/c1-8(2,3)7-10-5(9)6(11-4)12-7/h1-4H3. The summed E-state index contributed by atoms with van der Waals surface area (Å²) in [6, 6.07) is 0. The van der Waals surface area contributed by atoms with Crippen LogP contribution in [0.4, 0.5) is 0 Å². The summed E-state index contributed by atoms with van der Waals surface area (Å²) in [4.78, 5) is 4.18. The molecular weight excluding hydrogens is 222 g/mol. The van der Waals surface area contributed by atoms with E-state index in [9.17, 15) is 0 Å². The maximum Gasteiger partial charge on any atom is 0.320 e. The van der Waals surface area contributed by atoms with Crippen LogP contribution in [0.2, 0.25) is 0 Å². The van der Waals surface area contributed by atoms with Gasteiger partial charge < -0.3 is 9.15 Å². The molecule has 0 amide bonds. The Kier molecular flexibility index (Phi) is 2.46. The minimum atomic E-state index is -0.0840. The van der Waals surface area contributed by atoms with Gasteiger partial charge in [-0.3, -0.25) is 0 Å². The monoisotopic (exact) mass is 233 g/mol. The van der Waals surface area contributed by atoms with Gasteiger partial charge in [-0.15, -0.1) is 0 Å². The van der Waals surface area contributed by atoms with Gasteiger partial charge in [0.1, 0.15) is 0 Å². The predicted molar refractivity (Wildman–Crippen MR) is 49.5 cm³/mol. The van der Waals surface area contributed by atoms with E-state index in [1.807, 2.05) is 20.8 Å². The Balaban J connectivity index is 3.05. The summed E-state index contributed by atoms with van der Waals surface area (Å²) < 4.78 is 10.9. The van der Waals surface area contributed by atoms with Gasteiger partial charge in [0, 0.05) is 5.41 Å². The van der Waals surface area contributed by atoms with E-state index in [-0.39, 0.29) is 5.41 Å². The van der Waals surface area contributed by atoms with Crippen LogP contribution in [-0.4, -0.2) is 12.1 Å². The second kappa shape index (κ2) is 3.09. The lowest BCUT2D eigenvalue weighted by molar-refractivity contribution is 0.272. The second-order valence-corrected chi connectivity index (χ2v) is 4.30. The van der Waals surface area contributed by atoms with E-state index in [1.54, 1.807) is 7.11 Å². The summed E-state index contributed by atoms with van der Waals surface area (Å²) >= 11 is 3.24. The van der Waals surface area contributed by atoms with Crippen LogP contribution in [0.25, 0.3) is 0 Å². The summed E-state index contributed by atoms with van der Waals surface area (Å²) in [5, 5.41) is 0. The fourth-order valence-electron chi connectivity index (χ4n) is 0.734. The van der Waals surface area contributed by atoms with Crippen molar-refractivity contribution in [1.82, 2.24) is 4.98 Å². The molecule has 1 rings (SSSR count). The van der Waals surface area contributed by atoms with E-state index in [0.717, 1.165) is 0 Å². The molecule has 0 fully saturated rings. The zero-order valence-corrected chi connectivity index (χ0v) is 9.23. The lowest BCUT2D eigenvalue weighted by Crippen LogP contribution is -2.11. The lowest BCUT2D eigenvalue weighted by Gasteiger charge is -2.11. The molecule has 4 heteroatoms. The van der Waals surface area contributed by atoms with Crippen LogP contribution in [-0.2, 0) is 5.41 Å². The Bertz CT molecular complexity index is 275. The van der Waals surface area contributed by atoms with Gasteiger partial charge in [0.15, 0.2) is 4.60 Å². The molecule has 0 N–H and O–H groups in total. The number of aromatic nitrogens is 1. The second-order valence-electron chi connectivity index (χ2n) is 3.55. The average Bonchev–Trinajstić information content (AvgIpc) is 2.29. The molecule has 0 unspecified atom stereocenters. The molecule has 0 atom stereocenters. The van der Waals surface area contributed by atoms with Gasteiger partial charge in [-0.05, 0) is 15.9 Å². The predicted octanol–water partition coefficient (Wildman–Crippen LogP) is 2.74. The van der Waals surface area contributed by atoms with Crippen LogP contribution < -0.4 is 4.74 Å². The molecule has 0 spiro atoms. The molecule has 1 aromatic heterocycles. The third kappa shape index (κ3) is 1.80. The Hall–Kier alpha value is -0.510. The zero-order chi connectivity index (χ0) is 9.35. The number of nitrogens with zero attached hydrogens (tertiary/aromatic N) is 1. The molecule has 0 aliphatic carbocycles. The van der Waals surface area contributed by atoms with E-state index >= 15 is 0 Å². The van der Waals surface area contributed by atoms with Crippen molar-refractivity contribution in [3.8, 4) is 5.95 Å². The molecule has 0 radical (unpaired) electrons. The van der Waals surface area contributed by atoms with Crippen molar-refractivity contribution in [1.29, 1.82) is 0 Å². The smallest absolute Gasteiger partial charge is 0.320 e. The van der Waals surface area contributed by atoms with Crippen molar-refractivity contribution in [2.75, 3.05) is 7.11 Å². The van der Waals surface area contributed by atoms with Crippen LogP contribution >= 0.6 is 15.9 Å². The van der Waals surface area contributed by atoms with Crippen molar-refractivity contribution < 1.29 is 9.15 Å². The van der Waals surface area contributed by atoms with Gasteiger partial charge in [0.2, 0.25) is 5.89 Å². The number of hydrogen-bond donors (Lipinski definition) is 0. The molecule has 0 aromatic carbocycles. The van der Waals surface area contributed by atoms with Crippen LogP contribution in [0, 0.1) is 0 Å². The summed E-state index contributed by atoms with van der Waals surface area (Å²) in [5.74, 6) is 1.10. The molecule has 12 heavy (non-hydrogen) atoms. The SMILES string of the molecule is COc1oc(C(C)(C)C)nc1Br. The van der Waals surface area contributed by atoms with E-state index in [0.29, 0.717) is 16.4 Å². The van der Waals surface area contributed by atoms with Gasteiger partial charge in [0.05, 0.1) is 7.11 Å². The summed E-state index contributed by atoms with van der Waals surface area (Å²) in [6.07, 6.45) is 0. The van der Waals surface area contributed by atoms with Crippen LogP contribution in [0.3, 0.4) is 0 Å². The normalized spacial score (nSPS) is 11.8. The first-order chi connectivity index (χ1) is 5.45. The van der Waals surface area contributed by atoms with Gasteiger partial charge >= 0.3 is 5.95 Å². The van der Waals surface area contributed by atoms with Crippen LogP contribution in [0.15, 0.2) is 9.02 Å². The van der Waals surface area contributed by atoms with E-state index in [1.165, 1.54) is 0 Å². The Morgan fingerprint density at radius 2 is 2.00 bits per heavy atom. The zero-order valence-electron chi connectivity index (χ0n) is 7.64. The van der Waals surface area contributed by atoms with E-state index < -0.39 is 0 Å². The first kappa shape index (κ1) is 9.58. The van der Waals surface area contributed by atoms with Crippen molar-refractivity contribution >= 4 is 15.9 Å². The number of rotatable bonds is 1. The van der Waals surface area contributed by atoms with Crippen LogP contribution in [0.1, 0.15) is 26.7 Å². The Morgan fingerprint density at radius 3 is 2.25 bits per heavy atom. The molecule has 1 heterocycles. The molecule has 0 saturated carbocycles. The van der Waals surface area contributed by atoms with Gasteiger partial charge in [0.25, 0.3) is 0 Å². The molecule has 0 bridgehead atoms. The van der Waals surface area contributed by atoms with Crippen molar-refractivity contribution in [3.63, 3.8) is 0 Å². The molecular formula is C8H12BrNO2. The third-order valence-corrected chi connectivity index (χ3v) is 1.89. The molecule has 3 nitrogen and oxygen atoms in total. The highest BCUT2D eigenvalue weighted by molar-refractivity contribution is 9.10. The minimum absolute atomic E-state index is 0.0840. The number of halogens is 1. The van der Waals surface area contributed by atoms with Gasteiger partial charge in [-0.2, -0.15) is 0 Å². The average molecular weight is 234 g/mol. The maximum atomic E-state index is 5.35.